The van der Waals surface area contributed by atoms with Crippen LogP contribution in [0.3, 0.4) is 0 Å². The van der Waals surface area contributed by atoms with Gasteiger partial charge in [0.05, 0.1) is 12.0 Å². The lowest BCUT2D eigenvalue weighted by Gasteiger charge is -2.62. The minimum atomic E-state index is -0.739. The SMILES string of the molecule is C=C(CC[C@@H](C(=O)O)[C@H]1C[C@H](OC(C)=O)[C@@]2(C)C3=C(CC[C@]12C)[C@@]1(C)CC[C@@H](O)C(C)(C)[C@@H]1CC3)C(C)C. The third-order valence-corrected chi connectivity index (χ3v) is 12.5. The van der Waals surface area contributed by atoms with Crippen molar-refractivity contribution in [2.75, 3.05) is 0 Å². The summed E-state index contributed by atoms with van der Waals surface area (Å²) in [6, 6.07) is 0. The first kappa shape index (κ1) is 29.4. The third kappa shape index (κ3) is 4.21. The van der Waals surface area contributed by atoms with Crippen LogP contribution in [-0.4, -0.2) is 34.4 Å². The monoisotopic (exact) mass is 528 g/mol. The molecule has 0 aromatic heterocycles. The number of hydrogen-bond acceptors (Lipinski definition) is 4. The van der Waals surface area contributed by atoms with Gasteiger partial charge in [0.25, 0.3) is 0 Å². The van der Waals surface area contributed by atoms with E-state index in [-0.39, 0.29) is 40.3 Å². The molecule has 4 aliphatic rings. The highest BCUT2D eigenvalue weighted by Crippen LogP contribution is 2.73. The molecule has 0 unspecified atom stereocenters. The van der Waals surface area contributed by atoms with Gasteiger partial charge >= 0.3 is 11.9 Å². The molecule has 4 aliphatic carbocycles. The Hall–Kier alpha value is -1.62. The number of allylic oxidation sites excluding steroid dienone is 2. The number of aliphatic carboxylic acids is 1. The number of hydrogen-bond donors (Lipinski definition) is 2. The van der Waals surface area contributed by atoms with Crippen LogP contribution >= 0.6 is 0 Å². The molecule has 0 spiro atoms. The predicted molar refractivity (Wildman–Crippen MR) is 150 cm³/mol. The van der Waals surface area contributed by atoms with Crippen molar-refractivity contribution in [3.63, 3.8) is 0 Å². The summed E-state index contributed by atoms with van der Waals surface area (Å²) in [6.07, 6.45) is 6.88. The van der Waals surface area contributed by atoms with Crippen LogP contribution in [0.15, 0.2) is 23.3 Å². The Labute approximate surface area is 230 Å². The molecule has 0 heterocycles. The average molecular weight is 529 g/mol. The zero-order valence-electron chi connectivity index (χ0n) is 25.2. The zero-order chi connectivity index (χ0) is 28.4. The molecule has 0 aromatic rings. The molecule has 8 atom stereocenters. The van der Waals surface area contributed by atoms with Gasteiger partial charge in [0.15, 0.2) is 0 Å². The van der Waals surface area contributed by atoms with Crippen LogP contribution in [0.25, 0.3) is 0 Å². The molecule has 0 saturated heterocycles. The first-order valence-electron chi connectivity index (χ1n) is 15.0. The maximum absolute atomic E-state index is 12.8. The van der Waals surface area contributed by atoms with Crippen LogP contribution < -0.4 is 0 Å². The summed E-state index contributed by atoms with van der Waals surface area (Å²) in [5.41, 5.74) is 3.25. The van der Waals surface area contributed by atoms with Gasteiger partial charge in [-0.15, -0.1) is 0 Å². The van der Waals surface area contributed by atoms with Crippen molar-refractivity contribution in [3.8, 4) is 0 Å². The van der Waals surface area contributed by atoms with E-state index in [1.165, 1.54) is 18.1 Å². The summed E-state index contributed by atoms with van der Waals surface area (Å²) in [5.74, 6) is -0.847. The first-order valence-corrected chi connectivity index (χ1v) is 15.0. The average Bonchev–Trinajstić information content (AvgIpc) is 3.03. The van der Waals surface area contributed by atoms with E-state index >= 15 is 0 Å². The number of carbonyl (C=O) groups excluding carboxylic acids is 1. The van der Waals surface area contributed by atoms with Gasteiger partial charge < -0.3 is 14.9 Å². The predicted octanol–water partition coefficient (Wildman–Crippen LogP) is 7.33. The van der Waals surface area contributed by atoms with E-state index in [1.54, 1.807) is 0 Å². The largest absolute Gasteiger partial charge is 0.481 e. The van der Waals surface area contributed by atoms with Crippen molar-refractivity contribution < 1.29 is 24.5 Å². The van der Waals surface area contributed by atoms with Crippen LogP contribution in [0.5, 0.6) is 0 Å². The Morgan fingerprint density at radius 1 is 1.05 bits per heavy atom. The molecule has 4 rings (SSSR count). The van der Waals surface area contributed by atoms with E-state index in [4.69, 9.17) is 4.74 Å². The minimum Gasteiger partial charge on any atom is -0.481 e. The molecule has 2 N–H and O–H groups in total. The summed E-state index contributed by atoms with van der Waals surface area (Å²) in [6.45, 7) is 21.4. The van der Waals surface area contributed by atoms with E-state index in [1.807, 2.05) is 0 Å². The fourth-order valence-corrected chi connectivity index (χ4v) is 9.83. The van der Waals surface area contributed by atoms with Gasteiger partial charge in [-0.1, -0.05) is 71.8 Å². The van der Waals surface area contributed by atoms with E-state index in [2.05, 4.69) is 55.0 Å². The molecule has 2 saturated carbocycles. The first-order chi connectivity index (χ1) is 17.5. The van der Waals surface area contributed by atoms with Gasteiger partial charge in [-0.3, -0.25) is 9.59 Å². The molecule has 5 heteroatoms. The maximum Gasteiger partial charge on any atom is 0.306 e. The minimum absolute atomic E-state index is 0.0146. The molecule has 214 valence electrons. The van der Waals surface area contributed by atoms with Crippen LogP contribution in [0.2, 0.25) is 0 Å². The number of rotatable bonds is 7. The number of carboxylic acids is 1. The van der Waals surface area contributed by atoms with E-state index in [0.717, 1.165) is 44.1 Å². The second-order valence-corrected chi connectivity index (χ2v) is 14.7. The van der Waals surface area contributed by atoms with Gasteiger partial charge in [0, 0.05) is 12.3 Å². The molecular weight excluding hydrogens is 476 g/mol. The van der Waals surface area contributed by atoms with Crippen LogP contribution in [-0.2, 0) is 14.3 Å². The molecule has 5 nitrogen and oxygen atoms in total. The lowest BCUT2D eigenvalue weighted by Crippen LogP contribution is -2.56. The number of esters is 1. The molecular formula is C33H52O5. The Kier molecular flexibility index (Phi) is 7.56. The van der Waals surface area contributed by atoms with Gasteiger partial charge in [0.2, 0.25) is 0 Å². The van der Waals surface area contributed by atoms with Gasteiger partial charge in [-0.05, 0) is 91.8 Å². The number of aliphatic hydroxyl groups excluding tert-OH is 1. The van der Waals surface area contributed by atoms with Gasteiger partial charge in [-0.2, -0.15) is 0 Å². The fraction of sp³-hybridized carbons (Fsp3) is 0.818. The lowest BCUT2D eigenvalue weighted by molar-refractivity contribution is -0.154. The number of carbonyl (C=O) groups is 2. The Morgan fingerprint density at radius 3 is 2.29 bits per heavy atom. The topological polar surface area (TPSA) is 83.8 Å². The van der Waals surface area contributed by atoms with Gasteiger partial charge in [0.1, 0.15) is 6.10 Å². The summed E-state index contributed by atoms with van der Waals surface area (Å²) in [7, 11) is 0. The van der Waals surface area contributed by atoms with Crippen molar-refractivity contribution >= 4 is 11.9 Å². The Bertz CT molecular complexity index is 1020. The summed E-state index contributed by atoms with van der Waals surface area (Å²) >= 11 is 0. The normalized spacial score (nSPS) is 40.7. The summed E-state index contributed by atoms with van der Waals surface area (Å²) in [4.78, 5) is 25.2. The summed E-state index contributed by atoms with van der Waals surface area (Å²) < 4.78 is 6.13. The van der Waals surface area contributed by atoms with E-state index in [0.29, 0.717) is 31.1 Å². The van der Waals surface area contributed by atoms with Crippen molar-refractivity contribution in [1.82, 2.24) is 0 Å². The molecule has 0 aromatic carbocycles. The molecule has 0 amide bonds. The smallest absolute Gasteiger partial charge is 0.306 e. The number of ether oxygens (including phenoxy) is 1. The standard InChI is InChI=1S/C33H52O5/c1-19(2)20(3)10-11-22(29(36)37)25-18-28(38-21(4)34)33(9)24-12-13-26-30(5,6)27(35)15-16-31(26,7)23(24)14-17-32(25,33)8/h19,22,25-28,35H,3,10-18H2,1-2,4-9H3,(H,36,37)/t22-,25-,26+,27-,28+,31-,32-,33-/m1/s1. The van der Waals surface area contributed by atoms with Crippen molar-refractivity contribution in [3.05, 3.63) is 23.3 Å². The second kappa shape index (κ2) is 9.78. The van der Waals surface area contributed by atoms with Crippen LogP contribution in [0.4, 0.5) is 0 Å². The van der Waals surface area contributed by atoms with Crippen LogP contribution in [0.1, 0.15) is 113 Å². The fourth-order valence-electron chi connectivity index (χ4n) is 9.83. The summed E-state index contributed by atoms with van der Waals surface area (Å²) in [5, 5.41) is 21.4. The van der Waals surface area contributed by atoms with Crippen molar-refractivity contribution in [1.29, 1.82) is 0 Å². The van der Waals surface area contributed by atoms with Crippen molar-refractivity contribution in [2.45, 2.75) is 125 Å². The number of carboxylic acid groups (broad SMARTS) is 1. The Morgan fingerprint density at radius 2 is 1.71 bits per heavy atom. The maximum atomic E-state index is 12.8. The number of fused-ring (bicyclic) bond motifs is 4. The van der Waals surface area contributed by atoms with Crippen molar-refractivity contribution in [2.24, 2.45) is 45.3 Å². The third-order valence-electron chi connectivity index (χ3n) is 12.5. The number of aliphatic hydroxyl groups is 1. The Balaban J connectivity index is 1.79. The highest BCUT2D eigenvalue weighted by atomic mass is 16.5. The second-order valence-electron chi connectivity index (χ2n) is 14.7. The quantitative estimate of drug-likeness (QED) is 0.267. The van der Waals surface area contributed by atoms with E-state index < -0.39 is 17.3 Å². The highest BCUT2D eigenvalue weighted by molar-refractivity contribution is 5.71. The molecule has 2 fully saturated rings. The highest BCUT2D eigenvalue weighted by Gasteiger charge is 2.68. The molecule has 0 bridgehead atoms. The lowest BCUT2D eigenvalue weighted by atomic mass is 9.43. The molecule has 38 heavy (non-hydrogen) atoms. The van der Waals surface area contributed by atoms with E-state index in [9.17, 15) is 19.8 Å². The van der Waals surface area contributed by atoms with Gasteiger partial charge in [-0.25, -0.2) is 0 Å². The van der Waals surface area contributed by atoms with Crippen LogP contribution in [0, 0.1) is 45.3 Å². The zero-order valence-corrected chi connectivity index (χ0v) is 25.2. The molecule has 0 radical (unpaired) electrons. The molecule has 0 aliphatic heterocycles.